The first-order valence-electron chi connectivity index (χ1n) is 6.50. The van der Waals surface area contributed by atoms with Crippen molar-refractivity contribution in [3.05, 3.63) is 23.8 Å². The second kappa shape index (κ2) is 5.01. The van der Waals surface area contributed by atoms with Gasteiger partial charge in [-0.1, -0.05) is 26.8 Å². The van der Waals surface area contributed by atoms with Crippen molar-refractivity contribution in [2.75, 3.05) is 18.5 Å². The Morgan fingerprint density at radius 1 is 1.39 bits per heavy atom. The van der Waals surface area contributed by atoms with E-state index < -0.39 is 0 Å². The van der Waals surface area contributed by atoms with Crippen LogP contribution >= 0.6 is 0 Å². The third kappa shape index (κ3) is 3.03. The molecule has 0 amide bonds. The fourth-order valence-electron chi connectivity index (χ4n) is 2.01. The van der Waals surface area contributed by atoms with Gasteiger partial charge in [-0.05, 0) is 24.0 Å². The molecule has 0 aromatic heterocycles. The van der Waals surface area contributed by atoms with Crippen LogP contribution in [0.15, 0.2) is 18.2 Å². The summed E-state index contributed by atoms with van der Waals surface area (Å²) in [5.74, 6) is 0.896. The number of nitrogens with one attached hydrogen (secondary N) is 1. The molecule has 0 fully saturated rings. The van der Waals surface area contributed by atoms with Gasteiger partial charge in [0.2, 0.25) is 0 Å². The zero-order valence-electron chi connectivity index (χ0n) is 11.4. The molecule has 1 aliphatic rings. The molecule has 98 valence electrons. The van der Waals surface area contributed by atoms with Crippen molar-refractivity contribution in [1.82, 2.24) is 0 Å². The van der Waals surface area contributed by atoms with Gasteiger partial charge in [-0.15, -0.1) is 0 Å². The first kappa shape index (κ1) is 12.9. The predicted molar refractivity (Wildman–Crippen MR) is 73.4 cm³/mol. The van der Waals surface area contributed by atoms with E-state index in [0.717, 1.165) is 24.4 Å². The average molecular weight is 247 g/mol. The zero-order valence-corrected chi connectivity index (χ0v) is 11.4. The number of anilines is 1. The van der Waals surface area contributed by atoms with Gasteiger partial charge in [0.1, 0.15) is 6.61 Å². The number of ether oxygens (including phenoxy) is 1. The van der Waals surface area contributed by atoms with Gasteiger partial charge in [-0.3, -0.25) is 4.79 Å². The van der Waals surface area contributed by atoms with Crippen molar-refractivity contribution in [2.24, 2.45) is 5.41 Å². The Balaban J connectivity index is 2.15. The van der Waals surface area contributed by atoms with Crippen LogP contribution in [-0.2, 0) is 0 Å². The van der Waals surface area contributed by atoms with Gasteiger partial charge >= 0.3 is 0 Å². The number of rotatable bonds is 3. The summed E-state index contributed by atoms with van der Waals surface area (Å²) in [5.41, 5.74) is 1.83. The van der Waals surface area contributed by atoms with E-state index in [0.29, 0.717) is 18.6 Å². The lowest BCUT2D eigenvalue weighted by Gasteiger charge is -2.22. The van der Waals surface area contributed by atoms with E-state index >= 15 is 0 Å². The topological polar surface area (TPSA) is 38.3 Å². The standard InChI is InChI=1S/C15H21NO2/c1-15(2,3)8-7-13(17)11-5-4-6-12-14(11)18-10-9-16-12/h4-6,16H,7-10H2,1-3H3. The number of carbonyl (C=O) groups is 1. The van der Waals surface area contributed by atoms with Crippen LogP contribution in [0.5, 0.6) is 5.75 Å². The third-order valence-electron chi connectivity index (χ3n) is 3.08. The van der Waals surface area contributed by atoms with E-state index in [9.17, 15) is 4.79 Å². The molecule has 3 heteroatoms. The Morgan fingerprint density at radius 3 is 2.89 bits per heavy atom. The second-order valence-electron chi connectivity index (χ2n) is 5.94. The van der Waals surface area contributed by atoms with Crippen LogP contribution in [0.4, 0.5) is 5.69 Å². The molecule has 0 bridgehead atoms. The van der Waals surface area contributed by atoms with Gasteiger partial charge in [0, 0.05) is 13.0 Å². The predicted octanol–water partition coefficient (Wildman–Crippen LogP) is 3.50. The van der Waals surface area contributed by atoms with E-state index in [4.69, 9.17) is 4.74 Å². The summed E-state index contributed by atoms with van der Waals surface area (Å²) in [6, 6.07) is 5.72. The van der Waals surface area contributed by atoms with Crippen LogP contribution in [0, 0.1) is 5.41 Å². The molecule has 0 aliphatic carbocycles. The van der Waals surface area contributed by atoms with Crippen LogP contribution in [0.25, 0.3) is 0 Å². The Hall–Kier alpha value is -1.51. The van der Waals surface area contributed by atoms with Gasteiger partial charge in [-0.2, -0.15) is 0 Å². The Labute approximate surface area is 109 Å². The first-order valence-corrected chi connectivity index (χ1v) is 6.50. The molecule has 0 saturated carbocycles. The highest BCUT2D eigenvalue weighted by atomic mass is 16.5. The van der Waals surface area contributed by atoms with Crippen LogP contribution in [-0.4, -0.2) is 18.9 Å². The normalized spacial score (nSPS) is 14.4. The quantitative estimate of drug-likeness (QED) is 0.831. The zero-order chi connectivity index (χ0) is 13.2. The number of benzene rings is 1. The number of Topliss-reactive ketones (excluding diaryl/α,β-unsaturated/α-hetero) is 1. The Kier molecular flexibility index (Phi) is 3.60. The van der Waals surface area contributed by atoms with Crippen LogP contribution in [0.1, 0.15) is 44.0 Å². The summed E-state index contributed by atoms with van der Waals surface area (Å²) in [6.07, 6.45) is 1.46. The molecule has 0 atom stereocenters. The van der Waals surface area contributed by atoms with Gasteiger partial charge in [-0.25, -0.2) is 0 Å². The van der Waals surface area contributed by atoms with E-state index in [-0.39, 0.29) is 11.2 Å². The number of carbonyl (C=O) groups excluding carboxylic acids is 1. The molecule has 0 radical (unpaired) electrons. The molecule has 1 N–H and O–H groups in total. The number of ketones is 1. The van der Waals surface area contributed by atoms with Crippen molar-refractivity contribution in [3.63, 3.8) is 0 Å². The molecule has 0 saturated heterocycles. The maximum absolute atomic E-state index is 12.3. The highest BCUT2D eigenvalue weighted by Crippen LogP contribution is 2.33. The van der Waals surface area contributed by atoms with E-state index in [1.807, 2.05) is 18.2 Å². The van der Waals surface area contributed by atoms with Gasteiger partial charge in [0.25, 0.3) is 0 Å². The minimum absolute atomic E-state index is 0.172. The number of fused-ring (bicyclic) bond motifs is 1. The smallest absolute Gasteiger partial charge is 0.166 e. The maximum atomic E-state index is 12.3. The Morgan fingerprint density at radius 2 is 2.17 bits per heavy atom. The maximum Gasteiger partial charge on any atom is 0.166 e. The lowest BCUT2D eigenvalue weighted by atomic mass is 9.88. The third-order valence-corrected chi connectivity index (χ3v) is 3.08. The molecule has 18 heavy (non-hydrogen) atoms. The number of hydrogen-bond acceptors (Lipinski definition) is 3. The molecule has 0 spiro atoms. The molecular weight excluding hydrogens is 226 g/mol. The molecule has 1 heterocycles. The van der Waals surface area contributed by atoms with Gasteiger partial charge < -0.3 is 10.1 Å². The van der Waals surface area contributed by atoms with E-state index in [1.165, 1.54) is 0 Å². The SMILES string of the molecule is CC(C)(C)CCC(=O)c1cccc2c1OCCN2. The lowest BCUT2D eigenvalue weighted by Crippen LogP contribution is -2.20. The summed E-state index contributed by atoms with van der Waals surface area (Å²) in [7, 11) is 0. The fourth-order valence-corrected chi connectivity index (χ4v) is 2.01. The molecule has 1 aliphatic heterocycles. The first-order chi connectivity index (χ1) is 8.47. The summed E-state index contributed by atoms with van der Waals surface area (Å²) in [4.78, 5) is 12.3. The van der Waals surface area contributed by atoms with Crippen molar-refractivity contribution in [2.45, 2.75) is 33.6 Å². The second-order valence-corrected chi connectivity index (χ2v) is 5.94. The van der Waals surface area contributed by atoms with Crippen molar-refractivity contribution in [1.29, 1.82) is 0 Å². The Bertz CT molecular complexity index is 446. The summed E-state index contributed by atoms with van der Waals surface area (Å²) in [6.45, 7) is 7.87. The van der Waals surface area contributed by atoms with Gasteiger partial charge in [0.05, 0.1) is 11.3 Å². The van der Waals surface area contributed by atoms with Crippen molar-refractivity contribution >= 4 is 11.5 Å². The minimum atomic E-state index is 0.172. The van der Waals surface area contributed by atoms with Crippen molar-refractivity contribution < 1.29 is 9.53 Å². The number of para-hydroxylation sites is 1. The highest BCUT2D eigenvalue weighted by Gasteiger charge is 2.20. The summed E-state index contributed by atoms with van der Waals surface area (Å²) in [5, 5.41) is 3.25. The summed E-state index contributed by atoms with van der Waals surface area (Å²) < 4.78 is 5.62. The van der Waals surface area contributed by atoms with Gasteiger partial charge in [0.15, 0.2) is 11.5 Å². The molecule has 1 aromatic carbocycles. The minimum Gasteiger partial charge on any atom is -0.489 e. The average Bonchev–Trinajstić information content (AvgIpc) is 2.34. The lowest BCUT2D eigenvalue weighted by molar-refractivity contribution is 0.0962. The molecule has 2 rings (SSSR count). The monoisotopic (exact) mass is 247 g/mol. The molecule has 3 nitrogen and oxygen atoms in total. The van der Waals surface area contributed by atoms with Crippen LogP contribution < -0.4 is 10.1 Å². The fraction of sp³-hybridized carbons (Fsp3) is 0.533. The van der Waals surface area contributed by atoms with Crippen molar-refractivity contribution in [3.8, 4) is 5.75 Å². The van der Waals surface area contributed by atoms with Crippen LogP contribution in [0.2, 0.25) is 0 Å². The van der Waals surface area contributed by atoms with E-state index in [2.05, 4.69) is 26.1 Å². The molecular formula is C15H21NO2. The van der Waals surface area contributed by atoms with Crippen LogP contribution in [0.3, 0.4) is 0 Å². The largest absolute Gasteiger partial charge is 0.489 e. The highest BCUT2D eigenvalue weighted by molar-refractivity contribution is 6.00. The molecule has 1 aromatic rings. The molecule has 0 unspecified atom stereocenters. The number of hydrogen-bond donors (Lipinski definition) is 1. The summed E-state index contributed by atoms with van der Waals surface area (Å²) >= 11 is 0. The van der Waals surface area contributed by atoms with E-state index in [1.54, 1.807) is 0 Å².